The first-order valence-electron chi connectivity index (χ1n) is 7.55. The van der Waals surface area contributed by atoms with Crippen molar-refractivity contribution in [1.82, 2.24) is 4.90 Å². The third-order valence-corrected chi connectivity index (χ3v) is 3.76. The molecule has 0 spiro atoms. The molecule has 1 aliphatic heterocycles. The molecule has 1 fully saturated rings. The molecular formula is C17H23NO4. The zero-order valence-electron chi connectivity index (χ0n) is 13.3. The van der Waals surface area contributed by atoms with E-state index in [0.717, 1.165) is 5.56 Å². The first-order chi connectivity index (χ1) is 10.3. The summed E-state index contributed by atoms with van der Waals surface area (Å²) in [5.41, 5.74) is 0.376. The highest BCUT2D eigenvalue weighted by molar-refractivity contribution is 5.72. The van der Waals surface area contributed by atoms with Crippen molar-refractivity contribution in [3.63, 3.8) is 0 Å². The SMILES string of the molecule is CC(C)(C)OC(=O)N1CC[C@@H](C(=O)O)C[C@H]1c1ccccc1. The second-order valence-electron chi connectivity index (χ2n) is 6.66. The molecule has 1 heterocycles. The standard InChI is InChI=1S/C17H23NO4/c1-17(2,3)22-16(21)18-10-9-13(15(19)20)11-14(18)12-7-5-4-6-8-12/h4-8,13-14H,9-11H2,1-3H3,(H,19,20)/t13-,14+/m1/s1. The van der Waals surface area contributed by atoms with E-state index in [1.54, 1.807) is 4.90 Å². The largest absolute Gasteiger partial charge is 0.481 e. The lowest BCUT2D eigenvalue weighted by Gasteiger charge is -2.39. The van der Waals surface area contributed by atoms with Crippen LogP contribution < -0.4 is 0 Å². The molecule has 2 rings (SSSR count). The quantitative estimate of drug-likeness (QED) is 0.908. The van der Waals surface area contributed by atoms with E-state index < -0.39 is 17.5 Å². The number of amides is 1. The Kier molecular flexibility index (Phi) is 4.74. The van der Waals surface area contributed by atoms with Crippen LogP contribution in [0.4, 0.5) is 4.79 Å². The van der Waals surface area contributed by atoms with Crippen molar-refractivity contribution in [2.75, 3.05) is 6.54 Å². The van der Waals surface area contributed by atoms with Gasteiger partial charge in [-0.05, 0) is 39.2 Å². The Balaban J connectivity index is 2.23. The van der Waals surface area contributed by atoms with Gasteiger partial charge < -0.3 is 14.7 Å². The number of carboxylic acids is 1. The molecule has 1 aromatic carbocycles. The van der Waals surface area contributed by atoms with Gasteiger partial charge in [-0.3, -0.25) is 4.79 Å². The monoisotopic (exact) mass is 305 g/mol. The number of hydrogen-bond acceptors (Lipinski definition) is 3. The number of nitrogens with zero attached hydrogens (tertiary/aromatic N) is 1. The molecule has 0 aliphatic carbocycles. The maximum Gasteiger partial charge on any atom is 0.410 e. The fourth-order valence-electron chi connectivity index (χ4n) is 2.72. The van der Waals surface area contributed by atoms with Gasteiger partial charge in [-0.25, -0.2) is 4.79 Å². The molecule has 0 unspecified atom stereocenters. The molecule has 1 aliphatic rings. The van der Waals surface area contributed by atoms with E-state index in [-0.39, 0.29) is 12.1 Å². The maximum atomic E-state index is 12.4. The van der Waals surface area contributed by atoms with Crippen LogP contribution in [0.25, 0.3) is 0 Å². The van der Waals surface area contributed by atoms with E-state index in [4.69, 9.17) is 4.74 Å². The number of carboxylic acid groups (broad SMARTS) is 1. The van der Waals surface area contributed by atoms with Gasteiger partial charge in [-0.15, -0.1) is 0 Å². The second kappa shape index (κ2) is 6.38. The molecule has 1 aromatic rings. The molecule has 0 bridgehead atoms. The third-order valence-electron chi connectivity index (χ3n) is 3.76. The van der Waals surface area contributed by atoms with Crippen LogP contribution in [0, 0.1) is 5.92 Å². The predicted molar refractivity (Wildman–Crippen MR) is 82.5 cm³/mol. The van der Waals surface area contributed by atoms with Crippen molar-refractivity contribution < 1.29 is 19.4 Å². The number of ether oxygens (including phenoxy) is 1. The number of piperidine rings is 1. The van der Waals surface area contributed by atoms with Gasteiger partial charge in [0.05, 0.1) is 12.0 Å². The molecule has 1 saturated heterocycles. The number of likely N-dealkylation sites (tertiary alicyclic amines) is 1. The molecule has 5 heteroatoms. The zero-order valence-corrected chi connectivity index (χ0v) is 13.3. The molecular weight excluding hydrogens is 282 g/mol. The highest BCUT2D eigenvalue weighted by Crippen LogP contribution is 2.35. The number of carbonyl (C=O) groups is 2. The molecule has 0 saturated carbocycles. The van der Waals surface area contributed by atoms with Gasteiger partial charge in [-0.2, -0.15) is 0 Å². The number of carbonyl (C=O) groups excluding carboxylic acids is 1. The maximum absolute atomic E-state index is 12.4. The van der Waals surface area contributed by atoms with Crippen LogP contribution in [0.3, 0.4) is 0 Å². The molecule has 1 N–H and O–H groups in total. The average molecular weight is 305 g/mol. The van der Waals surface area contributed by atoms with Crippen molar-refractivity contribution in [1.29, 1.82) is 0 Å². The average Bonchev–Trinajstić information content (AvgIpc) is 2.45. The van der Waals surface area contributed by atoms with E-state index in [1.165, 1.54) is 0 Å². The minimum Gasteiger partial charge on any atom is -0.481 e. The van der Waals surface area contributed by atoms with Crippen molar-refractivity contribution in [2.24, 2.45) is 5.92 Å². The minimum atomic E-state index is -0.801. The van der Waals surface area contributed by atoms with Gasteiger partial charge in [0, 0.05) is 6.54 Å². The Morgan fingerprint density at radius 1 is 1.23 bits per heavy atom. The second-order valence-corrected chi connectivity index (χ2v) is 6.66. The van der Waals surface area contributed by atoms with Crippen LogP contribution in [-0.2, 0) is 9.53 Å². The Labute approximate surface area is 130 Å². The number of benzene rings is 1. The predicted octanol–water partition coefficient (Wildman–Crippen LogP) is 3.46. The highest BCUT2D eigenvalue weighted by atomic mass is 16.6. The summed E-state index contributed by atoms with van der Waals surface area (Å²) in [4.78, 5) is 25.4. The van der Waals surface area contributed by atoms with Crippen molar-refractivity contribution in [3.8, 4) is 0 Å². The van der Waals surface area contributed by atoms with Crippen LogP contribution in [-0.4, -0.2) is 34.2 Å². The van der Waals surface area contributed by atoms with E-state index >= 15 is 0 Å². The normalized spacial score (nSPS) is 22.2. The molecule has 0 radical (unpaired) electrons. The summed E-state index contributed by atoms with van der Waals surface area (Å²) < 4.78 is 5.46. The summed E-state index contributed by atoms with van der Waals surface area (Å²) in [6.45, 7) is 5.87. The van der Waals surface area contributed by atoms with Crippen LogP contribution in [0.5, 0.6) is 0 Å². The summed E-state index contributed by atoms with van der Waals surface area (Å²) in [7, 11) is 0. The molecule has 1 amide bonds. The summed E-state index contributed by atoms with van der Waals surface area (Å²) in [5.74, 6) is -1.23. The van der Waals surface area contributed by atoms with Crippen molar-refractivity contribution in [2.45, 2.75) is 45.3 Å². The van der Waals surface area contributed by atoms with Crippen LogP contribution in [0.1, 0.15) is 45.2 Å². The Morgan fingerprint density at radius 2 is 1.86 bits per heavy atom. The summed E-state index contributed by atoms with van der Waals surface area (Å²) >= 11 is 0. The lowest BCUT2D eigenvalue weighted by molar-refractivity contribution is -0.144. The Morgan fingerprint density at radius 3 is 2.41 bits per heavy atom. The Hall–Kier alpha value is -2.04. The molecule has 120 valence electrons. The first kappa shape index (κ1) is 16.3. The minimum absolute atomic E-state index is 0.258. The topological polar surface area (TPSA) is 66.8 Å². The fourth-order valence-corrected chi connectivity index (χ4v) is 2.72. The lowest BCUT2D eigenvalue weighted by Crippen LogP contribution is -2.44. The molecule has 5 nitrogen and oxygen atoms in total. The molecule has 2 atom stereocenters. The summed E-state index contributed by atoms with van der Waals surface area (Å²) in [5, 5.41) is 9.28. The van der Waals surface area contributed by atoms with Gasteiger partial charge >= 0.3 is 12.1 Å². The van der Waals surface area contributed by atoms with Crippen molar-refractivity contribution >= 4 is 12.1 Å². The number of hydrogen-bond donors (Lipinski definition) is 1. The van der Waals surface area contributed by atoms with E-state index in [9.17, 15) is 14.7 Å². The van der Waals surface area contributed by atoms with Crippen molar-refractivity contribution in [3.05, 3.63) is 35.9 Å². The van der Waals surface area contributed by atoms with Gasteiger partial charge in [0.1, 0.15) is 5.60 Å². The smallest absolute Gasteiger partial charge is 0.410 e. The van der Waals surface area contributed by atoms with Gasteiger partial charge in [0.25, 0.3) is 0 Å². The van der Waals surface area contributed by atoms with E-state index in [0.29, 0.717) is 19.4 Å². The fraction of sp³-hybridized carbons (Fsp3) is 0.529. The van der Waals surface area contributed by atoms with E-state index in [1.807, 2.05) is 51.1 Å². The first-order valence-corrected chi connectivity index (χ1v) is 7.55. The summed E-state index contributed by atoms with van der Waals surface area (Å²) in [6.07, 6.45) is 0.487. The molecule has 22 heavy (non-hydrogen) atoms. The zero-order chi connectivity index (χ0) is 16.3. The van der Waals surface area contributed by atoms with Gasteiger partial charge in [0.2, 0.25) is 0 Å². The van der Waals surface area contributed by atoms with Crippen LogP contribution in [0.2, 0.25) is 0 Å². The summed E-state index contributed by atoms with van der Waals surface area (Å²) in [6, 6.07) is 9.28. The number of rotatable bonds is 2. The molecule has 0 aromatic heterocycles. The van der Waals surface area contributed by atoms with E-state index in [2.05, 4.69) is 0 Å². The lowest BCUT2D eigenvalue weighted by atomic mass is 9.87. The third kappa shape index (κ3) is 4.00. The van der Waals surface area contributed by atoms with Gasteiger partial charge in [0.15, 0.2) is 0 Å². The Bertz CT molecular complexity index is 535. The van der Waals surface area contributed by atoms with Crippen LogP contribution >= 0.6 is 0 Å². The van der Waals surface area contributed by atoms with Gasteiger partial charge in [-0.1, -0.05) is 30.3 Å². The highest BCUT2D eigenvalue weighted by Gasteiger charge is 2.37. The number of aliphatic carboxylic acids is 1. The van der Waals surface area contributed by atoms with Crippen LogP contribution in [0.15, 0.2) is 30.3 Å².